The van der Waals surface area contributed by atoms with E-state index in [2.05, 4.69) is 33.0 Å². The Hall–Kier alpha value is -0.160. The van der Waals surface area contributed by atoms with Gasteiger partial charge in [-0.25, -0.2) is 0 Å². The molecule has 39 heavy (non-hydrogen) atoms. The Balaban J connectivity index is 1.26. The molecule has 4 nitrogen and oxygen atoms in total. The molecule has 4 N–H and O–H groups in total. The van der Waals surface area contributed by atoms with Crippen LogP contribution in [0.15, 0.2) is 0 Å². The summed E-state index contributed by atoms with van der Waals surface area (Å²) in [5.74, 6) is 4.43. The normalized spacial score (nSPS) is 40.6. The predicted octanol–water partition coefficient (Wildman–Crippen LogP) is 7.72. The number of nitrogens with one attached hydrogen (secondary N) is 1. The maximum atomic E-state index is 11.9. The van der Waals surface area contributed by atoms with Gasteiger partial charge in [0.05, 0.1) is 12.2 Å². The van der Waals surface area contributed by atoms with Crippen molar-refractivity contribution in [3.63, 3.8) is 0 Å². The van der Waals surface area contributed by atoms with Crippen LogP contribution in [0, 0.1) is 46.3 Å². The third kappa shape index (κ3) is 7.08. The van der Waals surface area contributed by atoms with E-state index in [1.165, 1.54) is 103 Å². The van der Waals surface area contributed by atoms with Crippen LogP contribution in [0.3, 0.4) is 0 Å². The highest BCUT2D eigenvalue weighted by atomic mass is 16.5. The summed E-state index contributed by atoms with van der Waals surface area (Å²) in [7, 11) is 0. The van der Waals surface area contributed by atoms with Gasteiger partial charge in [0.2, 0.25) is 0 Å². The van der Waals surface area contributed by atoms with Crippen LogP contribution in [-0.4, -0.2) is 43.6 Å². The molecule has 0 aliphatic heterocycles. The van der Waals surface area contributed by atoms with Gasteiger partial charge >= 0.3 is 0 Å². The first-order valence-corrected chi connectivity index (χ1v) is 17.6. The summed E-state index contributed by atoms with van der Waals surface area (Å²) in [4.78, 5) is 0. The van der Waals surface area contributed by atoms with E-state index in [9.17, 15) is 5.11 Å². The zero-order valence-electron chi connectivity index (χ0n) is 26.4. The summed E-state index contributed by atoms with van der Waals surface area (Å²) in [5.41, 5.74) is 6.21. The van der Waals surface area contributed by atoms with Crippen molar-refractivity contribution in [3.05, 3.63) is 0 Å². The minimum absolute atomic E-state index is 0.123. The first-order chi connectivity index (χ1) is 18.9. The lowest BCUT2D eigenvalue weighted by Crippen LogP contribution is -2.59. The molecule has 0 aromatic carbocycles. The second kappa shape index (κ2) is 14.8. The van der Waals surface area contributed by atoms with Crippen molar-refractivity contribution in [3.8, 4) is 0 Å². The van der Waals surface area contributed by atoms with Crippen LogP contribution in [-0.2, 0) is 4.74 Å². The Morgan fingerprint density at radius 3 is 2.46 bits per heavy atom. The van der Waals surface area contributed by atoms with Gasteiger partial charge in [0, 0.05) is 6.61 Å². The van der Waals surface area contributed by atoms with E-state index < -0.39 is 0 Å². The molecule has 0 radical (unpaired) electrons. The molecular weight excluding hydrogens is 480 g/mol. The minimum atomic E-state index is -0.126. The molecule has 0 aromatic rings. The molecule has 4 rings (SSSR count). The molecule has 4 aliphatic rings. The zero-order valence-corrected chi connectivity index (χ0v) is 26.4. The maximum absolute atomic E-state index is 11.9. The highest BCUT2D eigenvalue weighted by Gasteiger charge is 2.63. The number of rotatable bonds is 16. The van der Waals surface area contributed by atoms with E-state index in [1.54, 1.807) is 0 Å². The van der Waals surface area contributed by atoms with Crippen molar-refractivity contribution in [1.82, 2.24) is 5.32 Å². The molecule has 228 valence electrons. The van der Waals surface area contributed by atoms with Gasteiger partial charge in [0.1, 0.15) is 0 Å². The largest absolute Gasteiger partial charge is 0.393 e. The number of hydrogen-bond acceptors (Lipinski definition) is 4. The summed E-state index contributed by atoms with van der Waals surface area (Å²) < 4.78 is 6.24. The average molecular weight is 547 g/mol. The second-order valence-electron chi connectivity index (χ2n) is 15.0. The van der Waals surface area contributed by atoms with Crippen molar-refractivity contribution in [2.75, 3.05) is 26.2 Å². The monoisotopic (exact) mass is 547 g/mol. The average Bonchev–Trinajstić information content (AvgIpc) is 3.29. The lowest BCUT2D eigenvalue weighted by molar-refractivity contribution is -0.177. The van der Waals surface area contributed by atoms with Gasteiger partial charge in [0.25, 0.3) is 0 Å². The predicted molar refractivity (Wildman–Crippen MR) is 165 cm³/mol. The molecule has 4 aliphatic carbocycles. The molecule has 0 bridgehead atoms. The van der Waals surface area contributed by atoms with Gasteiger partial charge in [-0.3, -0.25) is 0 Å². The molecule has 4 heteroatoms. The van der Waals surface area contributed by atoms with Crippen molar-refractivity contribution in [2.45, 2.75) is 149 Å². The van der Waals surface area contributed by atoms with Crippen LogP contribution >= 0.6 is 0 Å². The summed E-state index contributed by atoms with van der Waals surface area (Å²) in [6, 6.07) is 0. The topological polar surface area (TPSA) is 67.5 Å². The summed E-state index contributed by atoms with van der Waals surface area (Å²) >= 11 is 0. The van der Waals surface area contributed by atoms with Gasteiger partial charge in [-0.1, -0.05) is 59.8 Å². The van der Waals surface area contributed by atoms with Crippen molar-refractivity contribution in [2.24, 2.45) is 52.1 Å². The van der Waals surface area contributed by atoms with Gasteiger partial charge < -0.3 is 20.9 Å². The first kappa shape index (κ1) is 31.8. The van der Waals surface area contributed by atoms with Crippen LogP contribution in [0.25, 0.3) is 0 Å². The van der Waals surface area contributed by atoms with Crippen LogP contribution in [0.2, 0.25) is 0 Å². The number of nitrogens with two attached hydrogens (primary N) is 1. The van der Waals surface area contributed by atoms with E-state index in [-0.39, 0.29) is 11.5 Å². The number of unbranched alkanes of at least 4 members (excludes halogenated alkanes) is 5. The lowest BCUT2D eigenvalue weighted by Gasteiger charge is -2.62. The standard InChI is InChI=1S/C35H66N2O2/c1-5-6-7-8-9-10-21-37-22-11-13-26(2)30-16-17-31-29-15-14-27-24-28(39-23-12-20-36)18-19-34(27,3)32(29)25-33(38)35(30,31)4/h26-33,37-38H,5-25,36H2,1-4H3/t26?,27?,28-,29?,30?,31?,32?,33+,34?,35?/m1/s1. The molecule has 4 saturated carbocycles. The molecule has 4 fully saturated rings. The third-order valence-corrected chi connectivity index (χ3v) is 12.9. The number of aliphatic hydroxyl groups is 1. The van der Waals surface area contributed by atoms with Crippen LogP contribution in [0.1, 0.15) is 137 Å². The fourth-order valence-corrected chi connectivity index (χ4v) is 10.5. The number of ether oxygens (including phenoxy) is 1. The quantitative estimate of drug-likeness (QED) is 0.173. The Bertz CT molecular complexity index is 717. The minimum Gasteiger partial charge on any atom is -0.393 e. The number of fused-ring (bicyclic) bond motifs is 5. The number of hydrogen-bond donors (Lipinski definition) is 3. The Morgan fingerprint density at radius 2 is 1.67 bits per heavy atom. The summed E-state index contributed by atoms with van der Waals surface area (Å²) in [5, 5.41) is 15.6. The van der Waals surface area contributed by atoms with Gasteiger partial charge in [-0.15, -0.1) is 0 Å². The van der Waals surface area contributed by atoms with Crippen LogP contribution in [0.5, 0.6) is 0 Å². The van der Waals surface area contributed by atoms with Crippen LogP contribution in [0.4, 0.5) is 0 Å². The molecule has 0 heterocycles. The lowest BCUT2D eigenvalue weighted by atomic mass is 9.43. The second-order valence-corrected chi connectivity index (χ2v) is 15.0. The summed E-state index contributed by atoms with van der Waals surface area (Å²) in [6.07, 6.45) is 22.4. The third-order valence-electron chi connectivity index (χ3n) is 12.9. The van der Waals surface area contributed by atoms with Crippen molar-refractivity contribution in [1.29, 1.82) is 0 Å². The summed E-state index contributed by atoms with van der Waals surface area (Å²) in [6.45, 7) is 13.8. The highest BCUT2D eigenvalue weighted by Crippen LogP contribution is 2.68. The van der Waals surface area contributed by atoms with E-state index in [0.29, 0.717) is 23.4 Å². The number of aliphatic hydroxyl groups excluding tert-OH is 1. The smallest absolute Gasteiger partial charge is 0.0602 e. The maximum Gasteiger partial charge on any atom is 0.0602 e. The SMILES string of the molecule is CCCCCCCCNCCCC(C)C1CCC2C3CCC4C[C@H](OCCCN)CCC4(C)C3C[C@H](O)C12C. The molecule has 8 unspecified atom stereocenters. The first-order valence-electron chi connectivity index (χ1n) is 17.6. The van der Waals surface area contributed by atoms with Gasteiger partial charge in [-0.05, 0) is 143 Å². The Labute approximate surface area is 242 Å². The van der Waals surface area contributed by atoms with E-state index >= 15 is 0 Å². The molecule has 0 amide bonds. The molecule has 0 saturated heterocycles. The van der Waals surface area contributed by atoms with Crippen molar-refractivity contribution < 1.29 is 9.84 Å². The Morgan fingerprint density at radius 1 is 0.897 bits per heavy atom. The van der Waals surface area contributed by atoms with Crippen molar-refractivity contribution >= 4 is 0 Å². The fraction of sp³-hybridized carbons (Fsp3) is 1.00. The van der Waals surface area contributed by atoms with E-state index in [4.69, 9.17) is 10.5 Å². The van der Waals surface area contributed by atoms with Gasteiger partial charge in [-0.2, -0.15) is 0 Å². The van der Waals surface area contributed by atoms with E-state index in [0.717, 1.165) is 56.2 Å². The molecule has 0 spiro atoms. The highest BCUT2D eigenvalue weighted by molar-refractivity contribution is 5.12. The molecule has 10 atom stereocenters. The zero-order chi connectivity index (χ0) is 27.9. The van der Waals surface area contributed by atoms with E-state index in [1.807, 2.05) is 0 Å². The van der Waals surface area contributed by atoms with Crippen LogP contribution < -0.4 is 11.1 Å². The molecular formula is C35H66N2O2. The Kier molecular flexibility index (Phi) is 12.1. The fourth-order valence-electron chi connectivity index (χ4n) is 10.5. The molecule has 0 aromatic heterocycles. The van der Waals surface area contributed by atoms with Gasteiger partial charge in [0.15, 0.2) is 0 Å².